The number of carbonyl (C=O) groups excluding carboxylic acids is 1. The van der Waals surface area contributed by atoms with Crippen LogP contribution in [0.4, 0.5) is 0 Å². The van der Waals surface area contributed by atoms with Crippen molar-refractivity contribution in [2.24, 2.45) is 5.92 Å². The number of carboxylic acid groups (broad SMARTS) is 1. The lowest BCUT2D eigenvalue weighted by molar-refractivity contribution is -0.138. The number of carboxylic acids is 1. The quantitative estimate of drug-likeness (QED) is 0.796. The molecule has 1 unspecified atom stereocenters. The summed E-state index contributed by atoms with van der Waals surface area (Å²) in [6.07, 6.45) is 1.94. The molecule has 1 saturated carbocycles. The fourth-order valence-electron chi connectivity index (χ4n) is 2.13. The number of hydrogen-bond acceptors (Lipinski definition) is 3. The van der Waals surface area contributed by atoms with Gasteiger partial charge in [0.25, 0.3) is 5.91 Å². The van der Waals surface area contributed by atoms with E-state index in [1.807, 2.05) is 25.1 Å². The van der Waals surface area contributed by atoms with E-state index in [2.05, 4.69) is 5.32 Å². The molecular formula is C15H19NO4. The van der Waals surface area contributed by atoms with Crippen LogP contribution < -0.4 is 10.1 Å². The van der Waals surface area contributed by atoms with Crippen molar-refractivity contribution in [3.63, 3.8) is 0 Å². The molecule has 1 aromatic carbocycles. The minimum absolute atomic E-state index is 0.0270. The monoisotopic (exact) mass is 277 g/mol. The van der Waals surface area contributed by atoms with Crippen LogP contribution in [0.25, 0.3) is 0 Å². The highest BCUT2D eigenvalue weighted by molar-refractivity contribution is 5.79. The van der Waals surface area contributed by atoms with Gasteiger partial charge in [0.05, 0.1) is 6.42 Å². The number of nitrogens with one attached hydrogen (secondary N) is 1. The number of hydrogen-bond donors (Lipinski definition) is 2. The van der Waals surface area contributed by atoms with Gasteiger partial charge in [0.2, 0.25) is 0 Å². The Morgan fingerprint density at radius 3 is 2.70 bits per heavy atom. The van der Waals surface area contributed by atoms with E-state index in [1.165, 1.54) is 0 Å². The van der Waals surface area contributed by atoms with Crippen molar-refractivity contribution >= 4 is 11.9 Å². The summed E-state index contributed by atoms with van der Waals surface area (Å²) in [7, 11) is 0. The van der Waals surface area contributed by atoms with Gasteiger partial charge >= 0.3 is 5.97 Å². The Hall–Kier alpha value is -2.04. The smallest absolute Gasteiger partial charge is 0.305 e. The summed E-state index contributed by atoms with van der Waals surface area (Å²) >= 11 is 0. The summed E-state index contributed by atoms with van der Waals surface area (Å²) < 4.78 is 5.45. The lowest BCUT2D eigenvalue weighted by Crippen LogP contribution is -2.40. The van der Waals surface area contributed by atoms with Crippen LogP contribution in [0, 0.1) is 12.8 Å². The van der Waals surface area contributed by atoms with E-state index in [1.54, 1.807) is 6.07 Å². The van der Waals surface area contributed by atoms with Crippen LogP contribution >= 0.6 is 0 Å². The van der Waals surface area contributed by atoms with Gasteiger partial charge in [-0.25, -0.2) is 0 Å². The van der Waals surface area contributed by atoms with E-state index in [-0.39, 0.29) is 25.0 Å². The molecule has 108 valence electrons. The Bertz CT molecular complexity index is 496. The Morgan fingerprint density at radius 2 is 2.10 bits per heavy atom. The van der Waals surface area contributed by atoms with Crippen molar-refractivity contribution in [2.45, 2.75) is 32.2 Å². The van der Waals surface area contributed by atoms with Crippen molar-refractivity contribution in [1.29, 1.82) is 0 Å². The van der Waals surface area contributed by atoms with Crippen LogP contribution in [0.1, 0.15) is 24.8 Å². The number of aliphatic carboxylic acids is 1. The molecule has 0 radical (unpaired) electrons. The molecule has 0 aromatic heterocycles. The lowest BCUT2D eigenvalue weighted by Gasteiger charge is -2.16. The topological polar surface area (TPSA) is 75.6 Å². The summed E-state index contributed by atoms with van der Waals surface area (Å²) in [5, 5.41) is 11.6. The molecule has 0 spiro atoms. The van der Waals surface area contributed by atoms with E-state index < -0.39 is 5.97 Å². The van der Waals surface area contributed by atoms with Gasteiger partial charge < -0.3 is 15.2 Å². The van der Waals surface area contributed by atoms with Gasteiger partial charge in [-0.3, -0.25) is 9.59 Å². The van der Waals surface area contributed by atoms with Gasteiger partial charge in [-0.15, -0.1) is 0 Å². The third-order valence-corrected chi connectivity index (χ3v) is 3.38. The number of amides is 1. The fraction of sp³-hybridized carbons (Fsp3) is 0.467. The van der Waals surface area contributed by atoms with Crippen molar-refractivity contribution in [2.75, 3.05) is 6.61 Å². The van der Waals surface area contributed by atoms with Crippen LogP contribution in [0.15, 0.2) is 24.3 Å². The summed E-state index contributed by atoms with van der Waals surface area (Å²) in [6.45, 7) is 1.82. The molecular weight excluding hydrogens is 258 g/mol. The molecule has 2 N–H and O–H groups in total. The van der Waals surface area contributed by atoms with E-state index in [0.29, 0.717) is 11.7 Å². The summed E-state index contributed by atoms with van der Waals surface area (Å²) in [5.41, 5.74) is 0.963. The number of ether oxygens (including phenoxy) is 1. The minimum atomic E-state index is -0.887. The van der Waals surface area contributed by atoms with E-state index >= 15 is 0 Å². The van der Waals surface area contributed by atoms with Crippen LogP contribution in [-0.4, -0.2) is 29.6 Å². The molecule has 1 atom stereocenters. The predicted molar refractivity (Wildman–Crippen MR) is 73.6 cm³/mol. The zero-order valence-electron chi connectivity index (χ0n) is 11.5. The minimum Gasteiger partial charge on any atom is -0.484 e. The van der Waals surface area contributed by atoms with Crippen molar-refractivity contribution in [3.05, 3.63) is 29.8 Å². The van der Waals surface area contributed by atoms with Crippen LogP contribution in [-0.2, 0) is 9.59 Å². The molecule has 1 aromatic rings. The standard InChI is InChI=1S/C15H19NO4/c1-10-4-2-3-5-13(10)20-9-14(17)16-12(8-15(18)19)11-6-7-11/h2-5,11-12H,6-9H2,1H3,(H,16,17)(H,18,19). The molecule has 0 heterocycles. The molecule has 0 aliphatic heterocycles. The van der Waals surface area contributed by atoms with Gasteiger partial charge in [0, 0.05) is 6.04 Å². The average Bonchev–Trinajstić information content (AvgIpc) is 3.21. The van der Waals surface area contributed by atoms with Gasteiger partial charge in [0.15, 0.2) is 6.61 Å². The second-order valence-electron chi connectivity index (χ2n) is 5.16. The van der Waals surface area contributed by atoms with E-state index in [9.17, 15) is 9.59 Å². The van der Waals surface area contributed by atoms with Gasteiger partial charge in [-0.1, -0.05) is 18.2 Å². The first-order valence-electron chi connectivity index (χ1n) is 6.76. The molecule has 20 heavy (non-hydrogen) atoms. The van der Waals surface area contributed by atoms with Gasteiger partial charge in [-0.05, 0) is 37.3 Å². The molecule has 1 aliphatic carbocycles. The highest BCUT2D eigenvalue weighted by Gasteiger charge is 2.33. The molecule has 1 amide bonds. The van der Waals surface area contributed by atoms with Crippen LogP contribution in [0.3, 0.4) is 0 Å². The second-order valence-corrected chi connectivity index (χ2v) is 5.16. The Morgan fingerprint density at radius 1 is 1.40 bits per heavy atom. The lowest BCUT2D eigenvalue weighted by atomic mass is 10.1. The maximum atomic E-state index is 11.8. The SMILES string of the molecule is Cc1ccccc1OCC(=O)NC(CC(=O)O)C1CC1. The van der Waals surface area contributed by atoms with Crippen molar-refractivity contribution in [3.8, 4) is 5.75 Å². The zero-order valence-corrected chi connectivity index (χ0v) is 11.5. The molecule has 1 aliphatic rings. The summed E-state index contributed by atoms with van der Waals surface area (Å²) in [4.78, 5) is 22.6. The highest BCUT2D eigenvalue weighted by Crippen LogP contribution is 2.34. The largest absolute Gasteiger partial charge is 0.484 e. The van der Waals surface area contributed by atoms with E-state index in [4.69, 9.17) is 9.84 Å². The molecule has 5 nitrogen and oxygen atoms in total. The zero-order chi connectivity index (χ0) is 14.5. The second kappa shape index (κ2) is 6.41. The summed E-state index contributed by atoms with van der Waals surface area (Å²) in [5.74, 6) is -0.189. The fourth-order valence-corrected chi connectivity index (χ4v) is 2.13. The molecule has 5 heteroatoms. The third kappa shape index (κ3) is 4.26. The summed E-state index contributed by atoms with van der Waals surface area (Å²) in [6, 6.07) is 7.18. The maximum Gasteiger partial charge on any atom is 0.305 e. The maximum absolute atomic E-state index is 11.8. The molecule has 1 fully saturated rings. The number of rotatable bonds is 7. The first-order chi connectivity index (χ1) is 9.56. The Balaban J connectivity index is 1.82. The molecule has 0 saturated heterocycles. The van der Waals surface area contributed by atoms with Gasteiger partial charge in [0.1, 0.15) is 5.75 Å². The predicted octanol–water partition coefficient (Wildman–Crippen LogP) is 1.74. The van der Waals surface area contributed by atoms with E-state index in [0.717, 1.165) is 18.4 Å². The first-order valence-corrected chi connectivity index (χ1v) is 6.76. The number of benzene rings is 1. The van der Waals surface area contributed by atoms with Crippen LogP contribution in [0.2, 0.25) is 0 Å². The normalized spacial score (nSPS) is 15.4. The first kappa shape index (κ1) is 14.4. The highest BCUT2D eigenvalue weighted by atomic mass is 16.5. The van der Waals surface area contributed by atoms with Gasteiger partial charge in [-0.2, -0.15) is 0 Å². The molecule has 2 rings (SSSR count). The molecule has 0 bridgehead atoms. The Kier molecular flexibility index (Phi) is 4.61. The average molecular weight is 277 g/mol. The van der Waals surface area contributed by atoms with Crippen molar-refractivity contribution < 1.29 is 19.4 Å². The number of aryl methyl sites for hydroxylation is 1. The Labute approximate surface area is 117 Å². The van der Waals surface area contributed by atoms with Crippen LogP contribution in [0.5, 0.6) is 5.75 Å². The van der Waals surface area contributed by atoms with Crippen molar-refractivity contribution in [1.82, 2.24) is 5.32 Å². The third-order valence-electron chi connectivity index (χ3n) is 3.38. The number of carbonyl (C=O) groups is 2. The number of para-hydroxylation sites is 1.